The van der Waals surface area contributed by atoms with Crippen molar-refractivity contribution in [2.75, 3.05) is 0 Å². The van der Waals surface area contributed by atoms with E-state index in [-0.39, 0.29) is 0 Å². The smallest absolute Gasteiger partial charge is 0.307 e. The molecule has 1 rings (SSSR count). The molecule has 0 bridgehead atoms. The Bertz CT molecular complexity index is 244. The Morgan fingerprint density at radius 1 is 1.29 bits per heavy atom. The number of primary amides is 1. The van der Waals surface area contributed by atoms with Crippen LogP contribution in [-0.2, 0) is 9.59 Å². The zero-order valence-electron chi connectivity index (χ0n) is 8.45. The fraction of sp³-hybridized carbons (Fsp3) is 0.800. The summed E-state index contributed by atoms with van der Waals surface area (Å²) >= 11 is 0. The monoisotopic (exact) mass is 199 g/mol. The van der Waals surface area contributed by atoms with E-state index in [1.54, 1.807) is 6.92 Å². The molecule has 1 fully saturated rings. The van der Waals surface area contributed by atoms with Crippen LogP contribution >= 0.6 is 0 Å². The van der Waals surface area contributed by atoms with E-state index in [4.69, 9.17) is 10.8 Å². The third-order valence-corrected chi connectivity index (χ3v) is 3.44. The Hall–Kier alpha value is -1.06. The second kappa shape index (κ2) is 3.98. The summed E-state index contributed by atoms with van der Waals surface area (Å²) < 4.78 is 0. The van der Waals surface area contributed by atoms with Crippen LogP contribution in [0.3, 0.4) is 0 Å². The number of nitrogens with two attached hydrogens (primary N) is 1. The lowest BCUT2D eigenvalue weighted by Gasteiger charge is -2.37. The standard InChI is InChI=1S/C10H17NO3/c1-7(8(12)13)10(9(11)14)5-3-2-4-6-10/h7H,2-6H2,1H3,(H2,11,14)(H,12,13). The second-order valence-corrected chi connectivity index (χ2v) is 4.14. The minimum atomic E-state index is -0.925. The Balaban J connectivity index is 2.90. The van der Waals surface area contributed by atoms with Crippen molar-refractivity contribution in [2.45, 2.75) is 39.0 Å². The first kappa shape index (κ1) is 11.0. The highest BCUT2D eigenvalue weighted by Gasteiger charge is 2.45. The van der Waals surface area contributed by atoms with Crippen molar-refractivity contribution >= 4 is 11.9 Å². The van der Waals surface area contributed by atoms with E-state index in [1.807, 2.05) is 0 Å². The molecule has 0 heterocycles. The zero-order valence-corrected chi connectivity index (χ0v) is 8.45. The van der Waals surface area contributed by atoms with Crippen molar-refractivity contribution in [1.82, 2.24) is 0 Å². The Morgan fingerprint density at radius 3 is 2.14 bits per heavy atom. The number of rotatable bonds is 3. The minimum absolute atomic E-state index is 0.452. The third kappa shape index (κ3) is 1.74. The summed E-state index contributed by atoms with van der Waals surface area (Å²) in [7, 11) is 0. The van der Waals surface area contributed by atoms with Crippen molar-refractivity contribution in [2.24, 2.45) is 17.1 Å². The summed E-state index contributed by atoms with van der Waals surface area (Å²) in [5, 5.41) is 8.94. The van der Waals surface area contributed by atoms with Crippen molar-refractivity contribution in [3.8, 4) is 0 Å². The summed E-state index contributed by atoms with van der Waals surface area (Å²) in [6.07, 6.45) is 4.12. The van der Waals surface area contributed by atoms with Crippen LogP contribution in [0.1, 0.15) is 39.0 Å². The molecule has 0 aliphatic heterocycles. The van der Waals surface area contributed by atoms with Crippen LogP contribution in [0.2, 0.25) is 0 Å². The molecule has 4 nitrogen and oxygen atoms in total. The second-order valence-electron chi connectivity index (χ2n) is 4.14. The Labute approximate surface area is 83.5 Å². The molecular formula is C10H17NO3. The van der Waals surface area contributed by atoms with Gasteiger partial charge in [-0.1, -0.05) is 26.2 Å². The average Bonchev–Trinajstić information content (AvgIpc) is 2.17. The van der Waals surface area contributed by atoms with E-state index in [0.29, 0.717) is 12.8 Å². The lowest BCUT2D eigenvalue weighted by Crippen LogP contribution is -2.46. The van der Waals surface area contributed by atoms with Gasteiger partial charge in [-0.25, -0.2) is 0 Å². The molecule has 1 aliphatic carbocycles. The first-order valence-corrected chi connectivity index (χ1v) is 5.03. The fourth-order valence-corrected chi connectivity index (χ4v) is 2.31. The van der Waals surface area contributed by atoms with Gasteiger partial charge in [0.05, 0.1) is 11.3 Å². The first-order valence-electron chi connectivity index (χ1n) is 5.03. The summed E-state index contributed by atoms with van der Waals surface area (Å²) in [5.41, 5.74) is 4.54. The highest BCUT2D eigenvalue weighted by molar-refractivity contribution is 5.87. The number of carbonyl (C=O) groups excluding carboxylic acids is 1. The highest BCUT2D eigenvalue weighted by atomic mass is 16.4. The highest BCUT2D eigenvalue weighted by Crippen LogP contribution is 2.42. The van der Waals surface area contributed by atoms with Gasteiger partial charge in [-0.2, -0.15) is 0 Å². The molecular weight excluding hydrogens is 182 g/mol. The summed E-state index contributed by atoms with van der Waals surface area (Å²) in [5.74, 6) is -2.04. The molecule has 3 N–H and O–H groups in total. The van der Waals surface area contributed by atoms with Crippen LogP contribution in [-0.4, -0.2) is 17.0 Å². The van der Waals surface area contributed by atoms with E-state index in [2.05, 4.69) is 0 Å². The van der Waals surface area contributed by atoms with Crippen molar-refractivity contribution in [3.63, 3.8) is 0 Å². The van der Waals surface area contributed by atoms with Crippen LogP contribution in [0.25, 0.3) is 0 Å². The van der Waals surface area contributed by atoms with Gasteiger partial charge in [0, 0.05) is 0 Å². The molecule has 14 heavy (non-hydrogen) atoms. The molecule has 0 saturated heterocycles. The van der Waals surface area contributed by atoms with E-state index < -0.39 is 23.2 Å². The van der Waals surface area contributed by atoms with Crippen LogP contribution in [0.15, 0.2) is 0 Å². The number of amides is 1. The van der Waals surface area contributed by atoms with E-state index in [0.717, 1.165) is 19.3 Å². The van der Waals surface area contributed by atoms with Crippen molar-refractivity contribution < 1.29 is 14.7 Å². The molecule has 0 spiro atoms. The van der Waals surface area contributed by atoms with Crippen LogP contribution in [0.4, 0.5) is 0 Å². The first-order chi connectivity index (χ1) is 6.50. The van der Waals surface area contributed by atoms with Gasteiger partial charge in [0.25, 0.3) is 0 Å². The molecule has 0 aromatic rings. The van der Waals surface area contributed by atoms with Gasteiger partial charge in [-0.05, 0) is 12.8 Å². The maximum absolute atomic E-state index is 11.4. The average molecular weight is 199 g/mol. The molecule has 1 amide bonds. The molecule has 0 radical (unpaired) electrons. The topological polar surface area (TPSA) is 80.4 Å². The summed E-state index contributed by atoms with van der Waals surface area (Å²) in [4.78, 5) is 22.3. The largest absolute Gasteiger partial charge is 0.481 e. The van der Waals surface area contributed by atoms with Crippen LogP contribution in [0.5, 0.6) is 0 Å². The SMILES string of the molecule is CC(C(=O)O)C1(C(N)=O)CCCCC1. The van der Waals surface area contributed by atoms with Gasteiger partial charge in [0.2, 0.25) is 5.91 Å². The molecule has 1 atom stereocenters. The van der Waals surface area contributed by atoms with Crippen molar-refractivity contribution in [3.05, 3.63) is 0 Å². The summed E-state index contributed by atoms with van der Waals surface area (Å²) in [6, 6.07) is 0. The molecule has 4 heteroatoms. The lowest BCUT2D eigenvalue weighted by molar-refractivity contribution is -0.153. The van der Waals surface area contributed by atoms with Gasteiger partial charge in [0.1, 0.15) is 0 Å². The molecule has 80 valence electrons. The fourth-order valence-electron chi connectivity index (χ4n) is 2.31. The Kier molecular flexibility index (Phi) is 3.13. The molecule has 0 aromatic heterocycles. The predicted molar refractivity (Wildman–Crippen MR) is 51.5 cm³/mol. The molecule has 1 unspecified atom stereocenters. The van der Waals surface area contributed by atoms with Gasteiger partial charge in [0.15, 0.2) is 0 Å². The molecule has 0 aromatic carbocycles. The van der Waals surface area contributed by atoms with Gasteiger partial charge >= 0.3 is 5.97 Å². The number of aliphatic carboxylic acids is 1. The zero-order chi connectivity index (χ0) is 10.8. The summed E-state index contributed by atoms with van der Waals surface area (Å²) in [6.45, 7) is 1.58. The predicted octanol–water partition coefficient (Wildman–Crippen LogP) is 1.14. The number of hydrogen-bond acceptors (Lipinski definition) is 2. The maximum atomic E-state index is 11.4. The lowest BCUT2D eigenvalue weighted by atomic mass is 9.66. The number of carbonyl (C=O) groups is 2. The van der Waals surface area contributed by atoms with E-state index in [9.17, 15) is 9.59 Å². The third-order valence-electron chi connectivity index (χ3n) is 3.44. The van der Waals surface area contributed by atoms with Crippen LogP contribution < -0.4 is 5.73 Å². The van der Waals surface area contributed by atoms with E-state index >= 15 is 0 Å². The number of carboxylic acids is 1. The van der Waals surface area contributed by atoms with Gasteiger partial charge in [-0.3, -0.25) is 9.59 Å². The molecule has 1 aliphatic rings. The maximum Gasteiger partial charge on any atom is 0.307 e. The number of hydrogen-bond donors (Lipinski definition) is 2. The van der Waals surface area contributed by atoms with Crippen LogP contribution in [0, 0.1) is 11.3 Å². The van der Waals surface area contributed by atoms with E-state index in [1.165, 1.54) is 0 Å². The normalized spacial score (nSPS) is 22.6. The molecule has 1 saturated carbocycles. The van der Waals surface area contributed by atoms with Gasteiger partial charge in [-0.15, -0.1) is 0 Å². The quantitative estimate of drug-likeness (QED) is 0.715. The van der Waals surface area contributed by atoms with Gasteiger partial charge < -0.3 is 10.8 Å². The Morgan fingerprint density at radius 2 is 1.79 bits per heavy atom. The minimum Gasteiger partial charge on any atom is -0.481 e. The van der Waals surface area contributed by atoms with Crippen molar-refractivity contribution in [1.29, 1.82) is 0 Å². The number of carboxylic acid groups (broad SMARTS) is 1.